The van der Waals surface area contributed by atoms with Crippen molar-refractivity contribution in [1.29, 1.82) is 0 Å². The minimum Gasteiger partial charge on any atom is -0.351 e. The smallest absolute Gasteiger partial charge is 0.247 e. The molecular formula is C24H26Cl3FN2O2. The van der Waals surface area contributed by atoms with Gasteiger partial charge in [0.15, 0.2) is 0 Å². The molecule has 1 N–H and O–H groups in total. The van der Waals surface area contributed by atoms with Gasteiger partial charge in [0.25, 0.3) is 0 Å². The summed E-state index contributed by atoms with van der Waals surface area (Å²) in [6.45, 7) is 0.0572. The second-order valence-corrected chi connectivity index (χ2v) is 9.09. The van der Waals surface area contributed by atoms with Gasteiger partial charge in [-0.05, 0) is 36.6 Å². The first-order valence-corrected chi connectivity index (χ1v) is 12.0. The van der Waals surface area contributed by atoms with Crippen LogP contribution in [-0.2, 0) is 16.1 Å². The second-order valence-electron chi connectivity index (χ2n) is 8.01. The minimum atomic E-state index is -1.08. The summed E-state index contributed by atoms with van der Waals surface area (Å²) in [5.74, 6) is -1.66. The van der Waals surface area contributed by atoms with Crippen molar-refractivity contribution in [2.75, 3.05) is 5.88 Å². The minimum absolute atomic E-state index is 0.0139. The van der Waals surface area contributed by atoms with Crippen LogP contribution in [0.4, 0.5) is 4.39 Å². The third-order valence-corrected chi connectivity index (χ3v) is 6.68. The summed E-state index contributed by atoms with van der Waals surface area (Å²) in [6, 6.07) is 9.83. The highest BCUT2D eigenvalue weighted by Crippen LogP contribution is 2.32. The van der Waals surface area contributed by atoms with E-state index in [9.17, 15) is 14.0 Å². The molecule has 32 heavy (non-hydrogen) atoms. The van der Waals surface area contributed by atoms with Gasteiger partial charge in [-0.15, -0.1) is 11.6 Å². The van der Waals surface area contributed by atoms with Crippen molar-refractivity contribution in [2.24, 2.45) is 0 Å². The maximum Gasteiger partial charge on any atom is 0.247 e. The fourth-order valence-corrected chi connectivity index (χ4v) is 4.71. The molecule has 8 heteroatoms. The van der Waals surface area contributed by atoms with Crippen LogP contribution < -0.4 is 5.32 Å². The molecule has 1 aliphatic rings. The highest BCUT2D eigenvalue weighted by atomic mass is 35.5. The third kappa shape index (κ3) is 6.37. The molecule has 0 radical (unpaired) electrons. The first-order valence-electron chi connectivity index (χ1n) is 10.7. The van der Waals surface area contributed by atoms with Crippen molar-refractivity contribution in [3.8, 4) is 0 Å². The molecule has 1 saturated carbocycles. The molecule has 0 heterocycles. The number of amides is 2. The number of nitrogens with one attached hydrogen (secondary N) is 1. The average Bonchev–Trinajstić information content (AvgIpc) is 3.04. The maximum atomic E-state index is 13.8. The molecule has 2 amide bonds. The van der Waals surface area contributed by atoms with Crippen LogP contribution in [0.1, 0.15) is 55.7 Å². The second kappa shape index (κ2) is 11.9. The fraction of sp³-hybridized carbons (Fsp3) is 0.417. The molecule has 4 nitrogen and oxygen atoms in total. The van der Waals surface area contributed by atoms with Crippen molar-refractivity contribution < 1.29 is 14.0 Å². The van der Waals surface area contributed by atoms with Crippen LogP contribution in [0.25, 0.3) is 0 Å². The van der Waals surface area contributed by atoms with Gasteiger partial charge in [0, 0.05) is 28.2 Å². The highest BCUT2D eigenvalue weighted by Gasteiger charge is 2.34. The first-order chi connectivity index (χ1) is 15.4. The number of carbonyl (C=O) groups is 2. The lowest BCUT2D eigenvalue weighted by Gasteiger charge is -2.33. The van der Waals surface area contributed by atoms with Crippen molar-refractivity contribution in [3.63, 3.8) is 0 Å². The van der Waals surface area contributed by atoms with E-state index in [0.29, 0.717) is 16.1 Å². The Morgan fingerprint density at radius 1 is 1.03 bits per heavy atom. The van der Waals surface area contributed by atoms with E-state index in [-0.39, 0.29) is 29.4 Å². The summed E-state index contributed by atoms with van der Waals surface area (Å²) in [5, 5.41) is 3.63. The van der Waals surface area contributed by atoms with Gasteiger partial charge in [0.05, 0.1) is 0 Å². The SMILES string of the molecule is O=C(NC1CCCCCC1)C(c1ccc(F)cc1Cl)N(Cc1ccccc1Cl)C(=O)CCl. The molecule has 2 aromatic rings. The average molecular weight is 500 g/mol. The lowest BCUT2D eigenvalue weighted by atomic mass is 10.0. The van der Waals surface area contributed by atoms with Gasteiger partial charge in [-0.1, -0.05) is 73.2 Å². The Balaban J connectivity index is 2.00. The normalized spacial score (nSPS) is 15.6. The summed E-state index contributed by atoms with van der Waals surface area (Å²) < 4.78 is 13.8. The lowest BCUT2D eigenvalue weighted by Crippen LogP contribution is -2.46. The molecule has 0 saturated heterocycles. The zero-order valence-electron chi connectivity index (χ0n) is 17.6. The molecule has 3 rings (SSSR count). The fourth-order valence-electron chi connectivity index (χ4n) is 4.09. The number of nitrogens with zero attached hydrogens (tertiary/aromatic N) is 1. The topological polar surface area (TPSA) is 49.4 Å². The van der Waals surface area contributed by atoms with Crippen LogP contribution in [0.3, 0.4) is 0 Å². The summed E-state index contributed by atoms with van der Waals surface area (Å²) >= 11 is 18.6. The van der Waals surface area contributed by atoms with Gasteiger partial charge in [-0.3, -0.25) is 9.59 Å². The first kappa shape index (κ1) is 24.8. The number of carbonyl (C=O) groups excluding carboxylic acids is 2. The number of alkyl halides is 1. The van der Waals surface area contributed by atoms with Gasteiger partial charge >= 0.3 is 0 Å². The van der Waals surface area contributed by atoms with Crippen LogP contribution in [-0.4, -0.2) is 28.6 Å². The Labute approximate surface area is 203 Å². The van der Waals surface area contributed by atoms with E-state index in [0.717, 1.165) is 44.6 Å². The van der Waals surface area contributed by atoms with Crippen molar-refractivity contribution in [1.82, 2.24) is 10.2 Å². The van der Waals surface area contributed by atoms with Crippen LogP contribution in [0.15, 0.2) is 42.5 Å². The molecule has 1 unspecified atom stereocenters. The van der Waals surface area contributed by atoms with E-state index in [1.54, 1.807) is 24.3 Å². The van der Waals surface area contributed by atoms with E-state index in [1.807, 2.05) is 0 Å². The molecule has 0 bridgehead atoms. The predicted molar refractivity (Wildman–Crippen MR) is 127 cm³/mol. The van der Waals surface area contributed by atoms with Crippen LogP contribution in [0.5, 0.6) is 0 Å². The Kier molecular flexibility index (Phi) is 9.21. The Morgan fingerprint density at radius 2 is 1.72 bits per heavy atom. The van der Waals surface area contributed by atoms with Gasteiger partial charge in [-0.2, -0.15) is 0 Å². The predicted octanol–water partition coefficient (Wildman–Crippen LogP) is 6.28. The Bertz CT molecular complexity index is 949. The maximum absolute atomic E-state index is 13.8. The molecule has 1 atom stereocenters. The zero-order chi connectivity index (χ0) is 23.1. The molecule has 1 aliphatic carbocycles. The monoisotopic (exact) mass is 498 g/mol. The molecule has 172 valence electrons. The van der Waals surface area contributed by atoms with Gasteiger partial charge < -0.3 is 10.2 Å². The van der Waals surface area contributed by atoms with Gasteiger partial charge in [0.1, 0.15) is 17.7 Å². The van der Waals surface area contributed by atoms with Crippen LogP contribution in [0, 0.1) is 5.82 Å². The van der Waals surface area contributed by atoms with Gasteiger partial charge in [-0.25, -0.2) is 4.39 Å². The summed E-state index contributed by atoms with van der Waals surface area (Å²) in [5.41, 5.74) is 1.00. The molecule has 0 aliphatic heterocycles. The number of hydrogen-bond acceptors (Lipinski definition) is 2. The van der Waals surface area contributed by atoms with E-state index in [4.69, 9.17) is 34.8 Å². The largest absolute Gasteiger partial charge is 0.351 e. The van der Waals surface area contributed by atoms with Crippen LogP contribution in [0.2, 0.25) is 10.0 Å². The zero-order valence-corrected chi connectivity index (χ0v) is 19.9. The number of hydrogen-bond donors (Lipinski definition) is 1. The van der Waals surface area contributed by atoms with Crippen molar-refractivity contribution in [3.05, 3.63) is 69.5 Å². The molecule has 2 aromatic carbocycles. The third-order valence-electron chi connectivity index (χ3n) is 5.75. The Morgan fingerprint density at radius 3 is 2.34 bits per heavy atom. The lowest BCUT2D eigenvalue weighted by molar-refractivity contribution is -0.140. The molecule has 0 aromatic heterocycles. The van der Waals surface area contributed by atoms with Gasteiger partial charge in [0.2, 0.25) is 11.8 Å². The van der Waals surface area contributed by atoms with Crippen LogP contribution >= 0.6 is 34.8 Å². The summed E-state index contributed by atoms with van der Waals surface area (Å²) in [4.78, 5) is 27.9. The van der Waals surface area contributed by atoms with E-state index in [2.05, 4.69) is 5.32 Å². The number of halogens is 4. The van der Waals surface area contributed by atoms with Crippen molar-refractivity contribution >= 4 is 46.6 Å². The van der Waals surface area contributed by atoms with E-state index >= 15 is 0 Å². The Hall–Kier alpha value is -1.82. The molecule has 0 spiro atoms. The molecular weight excluding hydrogens is 474 g/mol. The van der Waals surface area contributed by atoms with E-state index in [1.165, 1.54) is 17.0 Å². The van der Waals surface area contributed by atoms with E-state index < -0.39 is 17.8 Å². The number of benzene rings is 2. The summed E-state index contributed by atoms with van der Waals surface area (Å²) in [6.07, 6.45) is 6.12. The highest BCUT2D eigenvalue weighted by molar-refractivity contribution is 6.32. The molecule has 1 fully saturated rings. The summed E-state index contributed by atoms with van der Waals surface area (Å²) in [7, 11) is 0. The standard InChI is InChI=1S/C24H26Cl3FN2O2/c25-14-22(31)30(15-16-7-5-6-10-20(16)26)23(19-12-11-17(28)13-21(19)27)24(32)29-18-8-3-1-2-4-9-18/h5-7,10-13,18,23H,1-4,8-9,14-15H2,(H,29,32). The van der Waals surface area contributed by atoms with Crippen molar-refractivity contribution in [2.45, 2.75) is 57.2 Å². The quantitative estimate of drug-likeness (QED) is 0.360. The number of rotatable bonds is 7.